The van der Waals surface area contributed by atoms with Crippen molar-refractivity contribution in [2.45, 2.75) is 13.3 Å². The summed E-state index contributed by atoms with van der Waals surface area (Å²) < 4.78 is 1.98. The Balaban J connectivity index is 1.90. The van der Waals surface area contributed by atoms with Gasteiger partial charge >= 0.3 is 0 Å². The molecular formula is C16H13BrN2OS. The van der Waals surface area contributed by atoms with Crippen molar-refractivity contribution in [2.75, 3.05) is 5.32 Å². The lowest BCUT2D eigenvalue weighted by Crippen LogP contribution is -2.11. The Morgan fingerprint density at radius 2 is 2.10 bits per heavy atom. The monoisotopic (exact) mass is 360 g/mol. The maximum absolute atomic E-state index is 12.2. The summed E-state index contributed by atoms with van der Waals surface area (Å²) in [6, 6.07) is 13.4. The molecule has 1 aromatic heterocycles. The van der Waals surface area contributed by atoms with Crippen molar-refractivity contribution < 1.29 is 4.79 Å². The van der Waals surface area contributed by atoms with E-state index in [4.69, 9.17) is 0 Å². The second-order valence-corrected chi connectivity index (χ2v) is 6.55. The highest BCUT2D eigenvalue weighted by Crippen LogP contribution is 2.28. The number of hydrogen-bond acceptors (Lipinski definition) is 3. The number of amides is 1. The lowest BCUT2D eigenvalue weighted by molar-refractivity contribution is 0.102. The molecule has 5 heteroatoms. The fraction of sp³-hybridized carbons (Fsp3) is 0.125. The smallest absolute Gasteiger partial charge is 0.257 e. The normalized spacial score (nSPS) is 10.8. The van der Waals surface area contributed by atoms with Crippen molar-refractivity contribution in [3.63, 3.8) is 0 Å². The number of carbonyl (C=O) groups is 1. The van der Waals surface area contributed by atoms with E-state index in [1.807, 2.05) is 24.3 Å². The molecule has 21 heavy (non-hydrogen) atoms. The van der Waals surface area contributed by atoms with Gasteiger partial charge in [0.2, 0.25) is 0 Å². The van der Waals surface area contributed by atoms with E-state index in [0.29, 0.717) is 10.7 Å². The first kappa shape index (κ1) is 14.2. The number of nitrogens with zero attached hydrogens (tertiary/aromatic N) is 1. The van der Waals surface area contributed by atoms with Gasteiger partial charge in [0.15, 0.2) is 5.13 Å². The number of aromatic nitrogens is 1. The lowest BCUT2D eigenvalue weighted by atomic mass is 10.1. The summed E-state index contributed by atoms with van der Waals surface area (Å²) in [4.78, 5) is 16.8. The number of fused-ring (bicyclic) bond motifs is 1. The first-order chi connectivity index (χ1) is 10.2. The van der Waals surface area contributed by atoms with Crippen LogP contribution >= 0.6 is 27.3 Å². The molecule has 106 valence electrons. The van der Waals surface area contributed by atoms with Crippen molar-refractivity contribution in [3.05, 3.63) is 58.1 Å². The zero-order valence-corrected chi connectivity index (χ0v) is 13.8. The quantitative estimate of drug-likeness (QED) is 0.723. The highest BCUT2D eigenvalue weighted by atomic mass is 79.9. The summed E-state index contributed by atoms with van der Waals surface area (Å²) >= 11 is 4.87. The molecule has 0 unspecified atom stereocenters. The molecular weight excluding hydrogens is 348 g/mol. The third kappa shape index (κ3) is 2.99. The number of hydrogen-bond donors (Lipinski definition) is 1. The zero-order valence-electron chi connectivity index (χ0n) is 11.4. The first-order valence-electron chi connectivity index (χ1n) is 6.62. The van der Waals surface area contributed by atoms with E-state index >= 15 is 0 Å². The molecule has 0 saturated heterocycles. The van der Waals surface area contributed by atoms with E-state index in [2.05, 4.69) is 39.2 Å². The molecule has 0 saturated carbocycles. The van der Waals surface area contributed by atoms with E-state index in [1.54, 1.807) is 12.1 Å². The van der Waals surface area contributed by atoms with Crippen molar-refractivity contribution >= 4 is 48.5 Å². The Kier molecular flexibility index (Phi) is 4.03. The van der Waals surface area contributed by atoms with Crippen LogP contribution in [0.3, 0.4) is 0 Å². The Hall–Kier alpha value is -1.72. The third-order valence-corrected chi connectivity index (χ3v) is 4.62. The molecule has 3 rings (SSSR count). The van der Waals surface area contributed by atoms with Crippen LogP contribution < -0.4 is 5.32 Å². The highest BCUT2D eigenvalue weighted by molar-refractivity contribution is 9.10. The number of carbonyl (C=O) groups excluding carboxylic acids is 1. The lowest BCUT2D eigenvalue weighted by Gasteiger charge is -2.01. The SMILES string of the molecule is CCc1cccc2sc(NC(=O)c3cccc(Br)c3)nc12. The second kappa shape index (κ2) is 5.95. The summed E-state index contributed by atoms with van der Waals surface area (Å²) in [5, 5.41) is 3.51. The van der Waals surface area contributed by atoms with Gasteiger partial charge < -0.3 is 0 Å². The average molecular weight is 361 g/mol. The van der Waals surface area contributed by atoms with E-state index in [0.717, 1.165) is 21.1 Å². The fourth-order valence-electron chi connectivity index (χ4n) is 2.14. The van der Waals surface area contributed by atoms with Crippen LogP contribution in [0.25, 0.3) is 10.2 Å². The zero-order chi connectivity index (χ0) is 14.8. The van der Waals surface area contributed by atoms with E-state index in [-0.39, 0.29) is 5.91 Å². The Bertz CT molecular complexity index is 813. The van der Waals surface area contributed by atoms with Crippen molar-refractivity contribution in [2.24, 2.45) is 0 Å². The summed E-state index contributed by atoms with van der Waals surface area (Å²) in [7, 11) is 0. The van der Waals surface area contributed by atoms with Gasteiger partial charge in [-0.3, -0.25) is 10.1 Å². The van der Waals surface area contributed by atoms with E-state index in [1.165, 1.54) is 16.9 Å². The number of para-hydroxylation sites is 1. The van der Waals surface area contributed by atoms with Crippen LogP contribution in [0.2, 0.25) is 0 Å². The number of thiazole rings is 1. The third-order valence-electron chi connectivity index (χ3n) is 3.19. The van der Waals surface area contributed by atoms with E-state index < -0.39 is 0 Å². The first-order valence-corrected chi connectivity index (χ1v) is 8.23. The molecule has 0 fully saturated rings. The average Bonchev–Trinajstić information content (AvgIpc) is 2.89. The van der Waals surface area contributed by atoms with Gasteiger partial charge in [0.05, 0.1) is 10.2 Å². The highest BCUT2D eigenvalue weighted by Gasteiger charge is 2.11. The summed E-state index contributed by atoms with van der Waals surface area (Å²) in [5.41, 5.74) is 2.79. The number of anilines is 1. The van der Waals surface area contributed by atoms with Gasteiger partial charge in [-0.15, -0.1) is 0 Å². The van der Waals surface area contributed by atoms with Crippen LogP contribution in [0, 0.1) is 0 Å². The standard InChI is InChI=1S/C16H13BrN2OS/c1-2-10-5-4-8-13-14(10)18-16(21-13)19-15(20)11-6-3-7-12(17)9-11/h3-9H,2H2,1H3,(H,18,19,20). The second-order valence-electron chi connectivity index (χ2n) is 4.60. The topological polar surface area (TPSA) is 42.0 Å². The molecule has 0 spiro atoms. The van der Waals surface area contributed by atoms with Gasteiger partial charge in [-0.2, -0.15) is 0 Å². The van der Waals surface area contributed by atoms with Gasteiger partial charge in [0, 0.05) is 10.0 Å². The van der Waals surface area contributed by atoms with Crippen LogP contribution in [0.5, 0.6) is 0 Å². The molecule has 0 bridgehead atoms. The minimum atomic E-state index is -0.145. The molecule has 0 aliphatic heterocycles. The minimum Gasteiger partial charge on any atom is -0.298 e. The van der Waals surface area contributed by atoms with Crippen LogP contribution in [-0.4, -0.2) is 10.9 Å². The van der Waals surface area contributed by atoms with Gasteiger partial charge in [0.1, 0.15) is 0 Å². The predicted octanol–water partition coefficient (Wildman–Crippen LogP) is 4.87. The van der Waals surface area contributed by atoms with Crippen molar-refractivity contribution in [3.8, 4) is 0 Å². The molecule has 0 aliphatic carbocycles. The maximum Gasteiger partial charge on any atom is 0.257 e. The molecule has 0 radical (unpaired) electrons. The molecule has 2 aromatic carbocycles. The van der Waals surface area contributed by atoms with E-state index in [9.17, 15) is 4.79 Å². The Labute approximate surface area is 135 Å². The van der Waals surface area contributed by atoms with Crippen LogP contribution in [0.4, 0.5) is 5.13 Å². The Morgan fingerprint density at radius 3 is 2.86 bits per heavy atom. The molecule has 3 aromatic rings. The summed E-state index contributed by atoms with van der Waals surface area (Å²) in [6.07, 6.45) is 0.931. The minimum absolute atomic E-state index is 0.145. The molecule has 1 amide bonds. The predicted molar refractivity (Wildman–Crippen MR) is 91.1 cm³/mol. The van der Waals surface area contributed by atoms with Crippen LogP contribution in [-0.2, 0) is 6.42 Å². The molecule has 0 aliphatic rings. The van der Waals surface area contributed by atoms with Crippen LogP contribution in [0.1, 0.15) is 22.8 Å². The molecule has 0 atom stereocenters. The Morgan fingerprint density at radius 1 is 1.29 bits per heavy atom. The van der Waals surface area contributed by atoms with Gasteiger partial charge in [-0.1, -0.05) is 52.4 Å². The van der Waals surface area contributed by atoms with Crippen molar-refractivity contribution in [1.82, 2.24) is 4.98 Å². The number of benzene rings is 2. The van der Waals surface area contributed by atoms with Crippen molar-refractivity contribution in [1.29, 1.82) is 0 Å². The van der Waals surface area contributed by atoms with Crippen LogP contribution in [0.15, 0.2) is 46.9 Å². The van der Waals surface area contributed by atoms with Gasteiger partial charge in [0.25, 0.3) is 5.91 Å². The maximum atomic E-state index is 12.2. The summed E-state index contributed by atoms with van der Waals surface area (Å²) in [5.74, 6) is -0.145. The molecule has 3 nitrogen and oxygen atoms in total. The summed E-state index contributed by atoms with van der Waals surface area (Å²) in [6.45, 7) is 2.11. The number of halogens is 1. The molecule has 1 N–H and O–H groups in total. The van der Waals surface area contributed by atoms with Gasteiger partial charge in [-0.25, -0.2) is 4.98 Å². The number of aryl methyl sites for hydroxylation is 1. The van der Waals surface area contributed by atoms with Gasteiger partial charge in [-0.05, 0) is 36.2 Å². The number of nitrogens with one attached hydrogen (secondary N) is 1. The fourth-order valence-corrected chi connectivity index (χ4v) is 3.45. The largest absolute Gasteiger partial charge is 0.298 e. The number of rotatable bonds is 3. The molecule has 1 heterocycles.